The number of aromatic nitrogens is 1. The third-order valence-corrected chi connectivity index (χ3v) is 6.17. The number of amides is 1. The van der Waals surface area contributed by atoms with Gasteiger partial charge in [-0.15, -0.1) is 0 Å². The number of carbonyl (C=O) groups excluding carboxylic acids is 1. The Morgan fingerprint density at radius 3 is 2.36 bits per heavy atom. The van der Waals surface area contributed by atoms with Crippen molar-refractivity contribution < 1.29 is 27.5 Å². The van der Waals surface area contributed by atoms with Gasteiger partial charge < -0.3 is 14.4 Å². The zero-order chi connectivity index (χ0) is 18.8. The van der Waals surface area contributed by atoms with Crippen LogP contribution in [0.2, 0.25) is 0 Å². The molecule has 0 aliphatic carbocycles. The number of nitrogens with zero attached hydrogens (tertiary/aromatic N) is 3. The van der Waals surface area contributed by atoms with Crippen molar-refractivity contribution >= 4 is 21.9 Å². The third kappa shape index (κ3) is 4.37. The van der Waals surface area contributed by atoms with Gasteiger partial charge in [-0.2, -0.15) is 0 Å². The molecule has 1 aromatic heterocycles. The van der Waals surface area contributed by atoms with E-state index in [9.17, 15) is 18.0 Å². The van der Waals surface area contributed by atoms with E-state index in [1.165, 1.54) is 9.21 Å². The van der Waals surface area contributed by atoms with Crippen molar-refractivity contribution in [1.29, 1.82) is 0 Å². The van der Waals surface area contributed by atoms with Gasteiger partial charge in [-0.1, -0.05) is 0 Å². The monoisotopic (exact) mass is 373 g/mol. The van der Waals surface area contributed by atoms with Crippen molar-refractivity contribution in [3.05, 3.63) is 17.3 Å². The first-order valence-corrected chi connectivity index (χ1v) is 9.71. The van der Waals surface area contributed by atoms with Gasteiger partial charge in [0, 0.05) is 26.1 Å². The Kier molecular flexibility index (Phi) is 5.83. The number of piperidine rings is 1. The highest BCUT2D eigenvalue weighted by Crippen LogP contribution is 2.22. The van der Waals surface area contributed by atoms with Crippen LogP contribution in [0.15, 0.2) is 4.42 Å². The van der Waals surface area contributed by atoms with Gasteiger partial charge in [0.15, 0.2) is 5.89 Å². The first kappa shape index (κ1) is 19.4. The molecule has 2 heterocycles. The van der Waals surface area contributed by atoms with Crippen molar-refractivity contribution in [3.63, 3.8) is 0 Å². The zero-order valence-electron chi connectivity index (χ0n) is 14.6. The molecule has 140 valence electrons. The van der Waals surface area contributed by atoms with Crippen LogP contribution >= 0.6 is 0 Å². The summed E-state index contributed by atoms with van der Waals surface area (Å²) in [6.45, 7) is 4.87. The maximum Gasteiger partial charge on any atom is 0.323 e. The predicted octanol–water partition coefficient (Wildman–Crippen LogP) is 0.632. The third-order valence-electron chi connectivity index (χ3n) is 4.29. The fourth-order valence-corrected chi connectivity index (χ4v) is 4.12. The molecule has 9 nitrogen and oxygen atoms in total. The quantitative estimate of drug-likeness (QED) is 0.776. The van der Waals surface area contributed by atoms with Gasteiger partial charge in [-0.25, -0.2) is 17.7 Å². The number of aryl methyl sites for hydroxylation is 2. The number of rotatable bonds is 6. The van der Waals surface area contributed by atoms with Gasteiger partial charge >= 0.3 is 5.97 Å². The van der Waals surface area contributed by atoms with Crippen LogP contribution in [0.3, 0.4) is 0 Å². The van der Waals surface area contributed by atoms with Crippen LogP contribution in [-0.2, 0) is 14.8 Å². The summed E-state index contributed by atoms with van der Waals surface area (Å²) in [5.74, 6) is -1.28. The minimum Gasteiger partial charge on any atom is -0.480 e. The first-order chi connectivity index (χ1) is 11.7. The molecule has 1 aromatic rings. The molecule has 0 atom stereocenters. The highest BCUT2D eigenvalue weighted by atomic mass is 32.2. The summed E-state index contributed by atoms with van der Waals surface area (Å²) in [5.41, 5.74) is 0.406. The number of hydrogen-bond acceptors (Lipinski definition) is 6. The number of aliphatic carboxylic acids is 1. The fourth-order valence-electron chi connectivity index (χ4n) is 2.99. The Labute approximate surface area is 146 Å². The average Bonchev–Trinajstić information content (AvgIpc) is 2.90. The topological polar surface area (TPSA) is 121 Å². The van der Waals surface area contributed by atoms with E-state index in [1.54, 1.807) is 20.8 Å². The minimum absolute atomic E-state index is 0.0198. The van der Waals surface area contributed by atoms with Crippen molar-refractivity contribution in [1.82, 2.24) is 14.2 Å². The predicted molar refractivity (Wildman–Crippen MR) is 88.7 cm³/mol. The number of carbonyl (C=O) groups is 2. The number of hydrogen-bond donors (Lipinski definition) is 1. The van der Waals surface area contributed by atoms with Gasteiger partial charge in [0.1, 0.15) is 6.54 Å². The molecule has 0 bridgehead atoms. The lowest BCUT2D eigenvalue weighted by atomic mass is 10.0. The van der Waals surface area contributed by atoms with Crippen molar-refractivity contribution in [3.8, 4) is 0 Å². The molecule has 0 saturated carbocycles. The van der Waals surface area contributed by atoms with E-state index in [0.717, 1.165) is 0 Å². The second kappa shape index (κ2) is 7.52. The molecule has 0 radical (unpaired) electrons. The molecule has 1 saturated heterocycles. The van der Waals surface area contributed by atoms with Crippen LogP contribution in [0, 0.1) is 13.8 Å². The van der Waals surface area contributed by atoms with E-state index in [2.05, 4.69) is 4.98 Å². The van der Waals surface area contributed by atoms with Crippen molar-refractivity contribution in [2.24, 2.45) is 0 Å². The zero-order valence-corrected chi connectivity index (χ0v) is 15.4. The first-order valence-electron chi connectivity index (χ1n) is 8.10. The van der Waals surface area contributed by atoms with Gasteiger partial charge in [0.2, 0.25) is 15.8 Å². The van der Waals surface area contributed by atoms with E-state index < -0.39 is 28.4 Å². The molecular weight excluding hydrogens is 350 g/mol. The molecule has 10 heteroatoms. The Balaban J connectivity index is 2.18. The highest BCUT2D eigenvalue weighted by Gasteiger charge is 2.34. The lowest BCUT2D eigenvalue weighted by Gasteiger charge is -2.36. The van der Waals surface area contributed by atoms with Crippen LogP contribution in [-0.4, -0.2) is 71.0 Å². The van der Waals surface area contributed by atoms with Crippen LogP contribution in [0.5, 0.6) is 0 Å². The highest BCUT2D eigenvalue weighted by molar-refractivity contribution is 7.89. The summed E-state index contributed by atoms with van der Waals surface area (Å²) in [6.07, 6.45) is 0.759. The summed E-state index contributed by atoms with van der Waals surface area (Å²) in [4.78, 5) is 29.2. The van der Waals surface area contributed by atoms with E-state index in [1.807, 2.05) is 0 Å². The van der Waals surface area contributed by atoms with Crippen LogP contribution in [0.25, 0.3) is 0 Å². The van der Waals surface area contributed by atoms with Gasteiger partial charge in [-0.05, 0) is 26.7 Å². The molecule has 1 aliphatic heterocycles. The van der Waals surface area contributed by atoms with Gasteiger partial charge in [-0.3, -0.25) is 9.59 Å². The number of oxazole rings is 1. The largest absolute Gasteiger partial charge is 0.480 e. The van der Waals surface area contributed by atoms with Crippen molar-refractivity contribution in [2.75, 3.05) is 25.4 Å². The normalized spacial score (nSPS) is 16.8. The Hall–Kier alpha value is -1.94. The van der Waals surface area contributed by atoms with Crippen LogP contribution < -0.4 is 0 Å². The lowest BCUT2D eigenvalue weighted by molar-refractivity contribution is -0.138. The van der Waals surface area contributed by atoms with E-state index >= 15 is 0 Å². The van der Waals surface area contributed by atoms with Gasteiger partial charge in [0.25, 0.3) is 5.91 Å². The SMILES string of the molecule is CCS(=O)(=O)N1CCC(N(CC(=O)O)C(=O)c2oc(C)nc2C)CC1. The Morgan fingerprint density at radius 1 is 1.32 bits per heavy atom. The van der Waals surface area contributed by atoms with Gasteiger partial charge in [0.05, 0.1) is 11.4 Å². The number of sulfonamides is 1. The molecule has 0 spiro atoms. The lowest BCUT2D eigenvalue weighted by Crippen LogP contribution is -2.50. The fraction of sp³-hybridized carbons (Fsp3) is 0.667. The van der Waals surface area contributed by atoms with E-state index in [0.29, 0.717) is 24.4 Å². The molecule has 0 aromatic carbocycles. The second-order valence-corrected chi connectivity index (χ2v) is 8.26. The summed E-state index contributed by atoms with van der Waals surface area (Å²) in [6, 6.07) is -0.364. The smallest absolute Gasteiger partial charge is 0.323 e. The summed E-state index contributed by atoms with van der Waals surface area (Å²) in [5, 5.41) is 9.16. The van der Waals surface area contributed by atoms with E-state index in [4.69, 9.17) is 9.52 Å². The number of carboxylic acid groups (broad SMARTS) is 1. The molecule has 0 unspecified atom stereocenters. The maximum absolute atomic E-state index is 12.7. The molecule has 1 amide bonds. The van der Waals surface area contributed by atoms with Crippen molar-refractivity contribution in [2.45, 2.75) is 39.7 Å². The average molecular weight is 373 g/mol. The Bertz CT molecular complexity index is 749. The standard InChI is InChI=1S/C15H23N3O6S/c1-4-25(22,23)17-7-5-12(6-8-17)18(9-13(19)20)15(21)14-10(2)16-11(3)24-14/h12H,4-9H2,1-3H3,(H,19,20). The summed E-state index contributed by atoms with van der Waals surface area (Å²) >= 11 is 0. The maximum atomic E-state index is 12.7. The van der Waals surface area contributed by atoms with Crippen LogP contribution in [0.4, 0.5) is 0 Å². The van der Waals surface area contributed by atoms with E-state index in [-0.39, 0.29) is 30.6 Å². The molecule has 1 aliphatic rings. The Morgan fingerprint density at radius 2 is 1.92 bits per heavy atom. The molecule has 1 N–H and O–H groups in total. The molecule has 1 fully saturated rings. The number of carboxylic acids is 1. The summed E-state index contributed by atoms with van der Waals surface area (Å²) in [7, 11) is -3.28. The molecule has 25 heavy (non-hydrogen) atoms. The molecular formula is C15H23N3O6S. The van der Waals surface area contributed by atoms with Crippen LogP contribution in [0.1, 0.15) is 41.9 Å². The summed E-state index contributed by atoms with van der Waals surface area (Å²) < 4.78 is 30.6. The second-order valence-electron chi connectivity index (χ2n) is 6.00. The minimum atomic E-state index is -3.28. The molecule has 2 rings (SSSR count).